The second-order valence-corrected chi connectivity index (χ2v) is 9.55. The molecule has 2 fully saturated rings. The van der Waals surface area contributed by atoms with Crippen molar-refractivity contribution < 1.29 is 19.1 Å². The van der Waals surface area contributed by atoms with Crippen molar-refractivity contribution in [1.29, 1.82) is 0 Å². The maximum Gasteiger partial charge on any atom is 0.232 e. The Morgan fingerprint density at radius 3 is 2.76 bits per heavy atom. The zero-order valence-electron chi connectivity index (χ0n) is 20.2. The predicted octanol–water partition coefficient (Wildman–Crippen LogP) is 3.57. The summed E-state index contributed by atoms with van der Waals surface area (Å²) >= 11 is 0. The van der Waals surface area contributed by atoms with Gasteiger partial charge in [0.15, 0.2) is 0 Å². The van der Waals surface area contributed by atoms with Gasteiger partial charge in [-0.25, -0.2) is 0 Å². The van der Waals surface area contributed by atoms with Gasteiger partial charge in [0.25, 0.3) is 0 Å². The van der Waals surface area contributed by atoms with Crippen LogP contribution in [0, 0.1) is 18.3 Å². The van der Waals surface area contributed by atoms with Crippen molar-refractivity contribution >= 4 is 5.88 Å². The standard InChI is InChI=1S/C27H37N3O4/c1-3-15-32-20-23(31)17-29(18-24-10-7-16-33-24)19-25-26(22-8-5-4-6-9-22)28-34-27(25)30-13-11-21(2)12-14-30/h1,4-6,8-9,21,23-24,31H,7,10-20H2,2H3/t23-,24+/m0/s1. The fraction of sp³-hybridized carbons (Fsp3) is 0.593. The third kappa shape index (κ3) is 6.61. The maximum absolute atomic E-state index is 10.7. The van der Waals surface area contributed by atoms with Gasteiger partial charge in [-0.1, -0.05) is 48.3 Å². The molecule has 0 unspecified atom stereocenters. The fourth-order valence-corrected chi connectivity index (χ4v) is 4.83. The van der Waals surface area contributed by atoms with E-state index in [1.165, 1.54) is 0 Å². The first-order chi connectivity index (χ1) is 16.6. The lowest BCUT2D eigenvalue weighted by molar-refractivity contribution is 0.00958. The zero-order chi connectivity index (χ0) is 23.8. The molecule has 2 saturated heterocycles. The van der Waals surface area contributed by atoms with Gasteiger partial charge >= 0.3 is 0 Å². The van der Waals surface area contributed by atoms with Crippen LogP contribution in [-0.4, -0.2) is 73.4 Å². The van der Waals surface area contributed by atoms with Crippen LogP contribution in [0.2, 0.25) is 0 Å². The number of hydrogen-bond acceptors (Lipinski definition) is 7. The van der Waals surface area contributed by atoms with Crippen molar-refractivity contribution in [3.63, 3.8) is 0 Å². The Morgan fingerprint density at radius 2 is 2.06 bits per heavy atom. The van der Waals surface area contributed by atoms with E-state index in [1.807, 2.05) is 18.2 Å². The first kappa shape index (κ1) is 24.7. The van der Waals surface area contributed by atoms with Crippen molar-refractivity contribution in [2.45, 2.75) is 51.4 Å². The third-order valence-corrected chi connectivity index (χ3v) is 6.72. The largest absolute Gasteiger partial charge is 0.389 e. The van der Waals surface area contributed by atoms with Crippen LogP contribution in [0.3, 0.4) is 0 Å². The van der Waals surface area contributed by atoms with Crippen LogP contribution < -0.4 is 4.90 Å². The number of hydrogen-bond donors (Lipinski definition) is 1. The maximum atomic E-state index is 10.7. The van der Waals surface area contributed by atoms with Gasteiger partial charge in [0.05, 0.1) is 24.4 Å². The monoisotopic (exact) mass is 467 g/mol. The summed E-state index contributed by atoms with van der Waals surface area (Å²) < 4.78 is 17.3. The molecule has 3 heterocycles. The molecule has 7 nitrogen and oxygen atoms in total. The summed E-state index contributed by atoms with van der Waals surface area (Å²) in [5, 5.41) is 15.2. The van der Waals surface area contributed by atoms with Crippen LogP contribution in [0.4, 0.5) is 5.88 Å². The smallest absolute Gasteiger partial charge is 0.232 e. The van der Waals surface area contributed by atoms with E-state index in [0.29, 0.717) is 13.1 Å². The molecule has 2 aliphatic heterocycles. The van der Waals surface area contributed by atoms with Crippen molar-refractivity contribution in [3.8, 4) is 23.6 Å². The van der Waals surface area contributed by atoms with Crippen LogP contribution in [-0.2, 0) is 16.0 Å². The minimum atomic E-state index is -0.644. The Hall–Kier alpha value is -2.37. The summed E-state index contributed by atoms with van der Waals surface area (Å²) in [4.78, 5) is 4.57. The van der Waals surface area contributed by atoms with Crippen LogP contribution >= 0.6 is 0 Å². The first-order valence-electron chi connectivity index (χ1n) is 12.5. The molecule has 0 amide bonds. The molecule has 1 aromatic heterocycles. The lowest BCUT2D eigenvalue weighted by Gasteiger charge is -2.32. The first-order valence-corrected chi connectivity index (χ1v) is 12.5. The molecule has 0 bridgehead atoms. The Kier molecular flexibility index (Phi) is 9.00. The number of benzene rings is 1. The number of piperidine rings is 1. The molecule has 0 aliphatic carbocycles. The summed E-state index contributed by atoms with van der Waals surface area (Å²) in [5.74, 6) is 4.03. The second kappa shape index (κ2) is 12.4. The van der Waals surface area contributed by atoms with Gasteiger partial charge in [0, 0.05) is 44.9 Å². The molecule has 34 heavy (non-hydrogen) atoms. The molecule has 1 N–H and O–H groups in total. The Morgan fingerprint density at radius 1 is 1.26 bits per heavy atom. The SMILES string of the molecule is C#CCOC[C@@H](O)CN(Cc1c(-c2ccccc2)noc1N1CCC(C)CC1)C[C@H]1CCCO1. The van der Waals surface area contributed by atoms with Crippen molar-refractivity contribution in [1.82, 2.24) is 10.1 Å². The fourth-order valence-electron chi connectivity index (χ4n) is 4.83. The molecule has 0 radical (unpaired) electrons. The third-order valence-electron chi connectivity index (χ3n) is 6.72. The van der Waals surface area contributed by atoms with Crippen LogP contribution in [0.15, 0.2) is 34.9 Å². The van der Waals surface area contributed by atoms with E-state index in [9.17, 15) is 5.11 Å². The quantitative estimate of drug-likeness (QED) is 0.400. The Labute approximate surface area is 203 Å². The highest BCUT2D eigenvalue weighted by molar-refractivity contribution is 5.68. The highest BCUT2D eigenvalue weighted by atomic mass is 16.5. The van der Waals surface area contributed by atoms with Crippen molar-refractivity contribution in [3.05, 3.63) is 35.9 Å². The number of aliphatic hydroxyl groups excluding tert-OH is 1. The summed E-state index contributed by atoms with van der Waals surface area (Å²) in [7, 11) is 0. The molecule has 184 valence electrons. The van der Waals surface area contributed by atoms with E-state index < -0.39 is 6.10 Å². The van der Waals surface area contributed by atoms with Gasteiger partial charge in [0.2, 0.25) is 5.88 Å². The lowest BCUT2D eigenvalue weighted by Crippen LogP contribution is -2.40. The molecule has 1 aromatic carbocycles. The van der Waals surface area contributed by atoms with Crippen molar-refractivity contribution in [2.75, 3.05) is 50.9 Å². The number of ether oxygens (including phenoxy) is 2. The number of rotatable bonds is 11. The minimum absolute atomic E-state index is 0.165. The van der Waals surface area contributed by atoms with Crippen molar-refractivity contribution in [2.24, 2.45) is 5.92 Å². The lowest BCUT2D eigenvalue weighted by atomic mass is 9.98. The zero-order valence-corrected chi connectivity index (χ0v) is 20.2. The summed E-state index contributed by atoms with van der Waals surface area (Å²) in [6.45, 7) is 7.25. The second-order valence-electron chi connectivity index (χ2n) is 9.55. The van der Waals surface area contributed by atoms with E-state index in [1.54, 1.807) is 0 Å². The predicted molar refractivity (Wildman–Crippen MR) is 132 cm³/mol. The average molecular weight is 468 g/mol. The number of nitrogens with zero attached hydrogens (tertiary/aromatic N) is 3. The molecule has 2 atom stereocenters. The Balaban J connectivity index is 1.58. The van der Waals surface area contributed by atoms with Gasteiger partial charge in [-0.2, -0.15) is 0 Å². The van der Waals surface area contributed by atoms with E-state index in [2.05, 4.69) is 39.9 Å². The molecular formula is C27H37N3O4. The summed E-state index contributed by atoms with van der Waals surface area (Å²) in [6.07, 6.45) is 9.20. The molecule has 2 aromatic rings. The topological polar surface area (TPSA) is 71.2 Å². The number of aliphatic hydroxyl groups is 1. The number of anilines is 1. The highest BCUT2D eigenvalue weighted by Crippen LogP contribution is 2.34. The minimum Gasteiger partial charge on any atom is -0.389 e. The van der Waals surface area contributed by atoms with Crippen LogP contribution in [0.25, 0.3) is 11.3 Å². The van der Waals surface area contributed by atoms with E-state index in [0.717, 1.165) is 80.5 Å². The molecule has 7 heteroatoms. The van der Waals surface area contributed by atoms with Gasteiger partial charge in [-0.3, -0.25) is 4.90 Å². The average Bonchev–Trinajstić information content (AvgIpc) is 3.50. The molecular weight excluding hydrogens is 430 g/mol. The highest BCUT2D eigenvalue weighted by Gasteiger charge is 2.29. The summed E-state index contributed by atoms with van der Waals surface area (Å²) in [5.41, 5.74) is 2.97. The van der Waals surface area contributed by atoms with Gasteiger partial charge in [-0.15, -0.1) is 6.42 Å². The van der Waals surface area contributed by atoms with E-state index >= 15 is 0 Å². The number of terminal acetylenes is 1. The molecule has 4 rings (SSSR count). The molecule has 0 spiro atoms. The van der Waals surface area contributed by atoms with Gasteiger partial charge < -0.3 is 24.0 Å². The van der Waals surface area contributed by atoms with E-state index in [-0.39, 0.29) is 19.3 Å². The van der Waals surface area contributed by atoms with Crippen LogP contribution in [0.5, 0.6) is 0 Å². The summed E-state index contributed by atoms with van der Waals surface area (Å²) in [6, 6.07) is 10.2. The molecule has 0 saturated carbocycles. The molecule has 2 aliphatic rings. The van der Waals surface area contributed by atoms with E-state index in [4.69, 9.17) is 20.4 Å². The Bertz CT molecular complexity index is 912. The number of aromatic nitrogens is 1. The van der Waals surface area contributed by atoms with Gasteiger partial charge in [0.1, 0.15) is 12.3 Å². The van der Waals surface area contributed by atoms with Crippen LogP contribution in [0.1, 0.15) is 38.2 Å². The normalized spacial score (nSPS) is 20.1. The van der Waals surface area contributed by atoms with Gasteiger partial charge in [-0.05, 0) is 31.6 Å².